The normalized spacial score (nSPS) is 17.1. The van der Waals surface area contributed by atoms with Gasteiger partial charge in [0.1, 0.15) is 10.9 Å². The molecule has 23 heavy (non-hydrogen) atoms. The van der Waals surface area contributed by atoms with Crippen molar-refractivity contribution in [2.24, 2.45) is 5.10 Å². The Bertz CT molecular complexity index is 559. The predicted octanol–water partition coefficient (Wildman–Crippen LogP) is 0.403. The highest BCUT2D eigenvalue weighted by Crippen LogP contribution is 2.10. The van der Waals surface area contributed by atoms with Gasteiger partial charge in [-0.25, -0.2) is 10.1 Å². The van der Waals surface area contributed by atoms with E-state index in [0.717, 1.165) is 0 Å². The van der Waals surface area contributed by atoms with Crippen LogP contribution in [0.2, 0.25) is 0 Å². The predicted molar refractivity (Wildman–Crippen MR) is 79.5 cm³/mol. The van der Waals surface area contributed by atoms with Gasteiger partial charge in [0, 0.05) is 6.54 Å². The second-order valence-corrected chi connectivity index (χ2v) is 4.86. The van der Waals surface area contributed by atoms with Crippen molar-refractivity contribution in [3.05, 3.63) is 34.3 Å². The SMILES string of the molecule is CCOC(=O)CCN1CN/C(=N\[N+](=O)[O-])N(Cc2ccco2)C1. The van der Waals surface area contributed by atoms with E-state index >= 15 is 0 Å². The Hall–Kier alpha value is -2.62. The standard InChI is InChI=1S/C13H19N5O5/c1-2-22-12(19)5-6-16-9-14-13(15-18(20)21)17(10-16)8-11-4-3-7-23-11/h3-4,7H,2,5-6,8-10H2,1H3,(H,14,15). The number of nitro groups is 1. The number of esters is 1. The van der Waals surface area contributed by atoms with Crippen LogP contribution >= 0.6 is 0 Å². The van der Waals surface area contributed by atoms with Gasteiger partial charge >= 0.3 is 5.97 Å². The van der Waals surface area contributed by atoms with E-state index in [1.165, 1.54) is 6.26 Å². The molecule has 10 nitrogen and oxygen atoms in total. The van der Waals surface area contributed by atoms with Crippen LogP contribution < -0.4 is 5.32 Å². The summed E-state index contributed by atoms with van der Waals surface area (Å²) in [6.07, 6.45) is 1.79. The summed E-state index contributed by atoms with van der Waals surface area (Å²) in [5.74, 6) is 0.559. The monoisotopic (exact) mass is 325 g/mol. The fraction of sp³-hybridized carbons (Fsp3) is 0.538. The first kappa shape index (κ1) is 16.7. The number of rotatable bonds is 7. The van der Waals surface area contributed by atoms with Crippen LogP contribution in [-0.2, 0) is 16.1 Å². The highest BCUT2D eigenvalue weighted by atomic mass is 16.7. The lowest BCUT2D eigenvalue weighted by Crippen LogP contribution is -2.57. The molecule has 0 aromatic carbocycles. The van der Waals surface area contributed by atoms with Crippen LogP contribution in [0, 0.1) is 10.1 Å². The third kappa shape index (κ3) is 5.25. The van der Waals surface area contributed by atoms with Crippen molar-refractivity contribution in [2.75, 3.05) is 26.5 Å². The van der Waals surface area contributed by atoms with Gasteiger partial charge in [-0.3, -0.25) is 9.69 Å². The fourth-order valence-electron chi connectivity index (χ4n) is 2.18. The maximum Gasteiger partial charge on any atom is 0.307 e. The average molecular weight is 325 g/mol. The second kappa shape index (κ2) is 8.13. The topological polar surface area (TPSA) is 113 Å². The maximum atomic E-state index is 11.4. The van der Waals surface area contributed by atoms with E-state index in [1.54, 1.807) is 24.0 Å². The van der Waals surface area contributed by atoms with Gasteiger partial charge in [0.2, 0.25) is 0 Å². The molecule has 0 radical (unpaired) electrons. The summed E-state index contributed by atoms with van der Waals surface area (Å²) < 4.78 is 10.2. The van der Waals surface area contributed by atoms with Gasteiger partial charge in [0.15, 0.2) is 5.03 Å². The van der Waals surface area contributed by atoms with Crippen LogP contribution in [0.3, 0.4) is 0 Å². The lowest BCUT2D eigenvalue weighted by atomic mass is 10.3. The molecule has 1 aromatic heterocycles. The summed E-state index contributed by atoms with van der Waals surface area (Å²) >= 11 is 0. The first-order chi connectivity index (χ1) is 11.1. The Balaban J connectivity index is 1.97. The Morgan fingerprint density at radius 1 is 1.61 bits per heavy atom. The summed E-state index contributed by atoms with van der Waals surface area (Å²) in [5, 5.41) is 16.1. The number of ether oxygens (including phenoxy) is 1. The van der Waals surface area contributed by atoms with E-state index in [2.05, 4.69) is 10.4 Å². The molecule has 0 aliphatic carbocycles. The zero-order chi connectivity index (χ0) is 16.7. The van der Waals surface area contributed by atoms with E-state index in [-0.39, 0.29) is 18.3 Å². The molecular weight excluding hydrogens is 306 g/mol. The van der Waals surface area contributed by atoms with Crippen molar-refractivity contribution < 1.29 is 19.0 Å². The summed E-state index contributed by atoms with van der Waals surface area (Å²) in [6, 6.07) is 3.52. The van der Waals surface area contributed by atoms with Gasteiger partial charge in [-0.05, 0) is 19.1 Å². The van der Waals surface area contributed by atoms with E-state index in [9.17, 15) is 14.9 Å². The summed E-state index contributed by atoms with van der Waals surface area (Å²) in [7, 11) is 0. The lowest BCUT2D eigenvalue weighted by molar-refractivity contribution is -0.486. The van der Waals surface area contributed by atoms with Crippen LogP contribution in [0.25, 0.3) is 0 Å². The van der Waals surface area contributed by atoms with Gasteiger partial charge in [-0.2, -0.15) is 0 Å². The van der Waals surface area contributed by atoms with Crippen LogP contribution in [0.15, 0.2) is 27.9 Å². The van der Waals surface area contributed by atoms with Crippen LogP contribution in [0.5, 0.6) is 0 Å². The van der Waals surface area contributed by atoms with E-state index in [1.807, 2.05) is 4.90 Å². The van der Waals surface area contributed by atoms with E-state index in [0.29, 0.717) is 38.8 Å². The molecule has 0 spiro atoms. The van der Waals surface area contributed by atoms with Crippen molar-refractivity contribution in [1.29, 1.82) is 0 Å². The minimum absolute atomic E-state index is 0.166. The molecule has 1 aliphatic rings. The Labute approximate surface area is 132 Å². The van der Waals surface area contributed by atoms with Crippen LogP contribution in [0.1, 0.15) is 19.1 Å². The smallest absolute Gasteiger partial charge is 0.307 e. The van der Waals surface area contributed by atoms with Gasteiger partial charge in [-0.1, -0.05) is 0 Å². The molecule has 0 atom stereocenters. The molecule has 2 rings (SSSR count). The number of hydrazone groups is 1. The lowest BCUT2D eigenvalue weighted by Gasteiger charge is -2.36. The number of guanidine groups is 1. The number of nitrogens with one attached hydrogen (secondary N) is 1. The third-order valence-electron chi connectivity index (χ3n) is 3.17. The minimum Gasteiger partial charge on any atom is -0.467 e. The van der Waals surface area contributed by atoms with Gasteiger partial charge in [0.25, 0.3) is 5.96 Å². The third-order valence-corrected chi connectivity index (χ3v) is 3.17. The van der Waals surface area contributed by atoms with Crippen molar-refractivity contribution in [1.82, 2.24) is 15.1 Å². The Kier molecular flexibility index (Phi) is 5.92. The van der Waals surface area contributed by atoms with E-state index < -0.39 is 5.03 Å². The molecule has 0 saturated carbocycles. The Morgan fingerprint density at radius 2 is 2.43 bits per heavy atom. The minimum atomic E-state index is -0.744. The van der Waals surface area contributed by atoms with E-state index in [4.69, 9.17) is 9.15 Å². The Morgan fingerprint density at radius 3 is 3.09 bits per heavy atom. The molecule has 1 saturated heterocycles. The average Bonchev–Trinajstić information content (AvgIpc) is 3.00. The molecule has 126 valence electrons. The summed E-state index contributed by atoms with van der Waals surface area (Å²) in [5.41, 5.74) is 0. The number of furan rings is 1. The largest absolute Gasteiger partial charge is 0.467 e. The van der Waals surface area contributed by atoms with Crippen LogP contribution in [-0.4, -0.2) is 53.3 Å². The summed E-state index contributed by atoms with van der Waals surface area (Å²) in [6.45, 7) is 3.67. The maximum absolute atomic E-state index is 11.4. The summed E-state index contributed by atoms with van der Waals surface area (Å²) in [4.78, 5) is 25.7. The highest BCUT2D eigenvalue weighted by Gasteiger charge is 2.25. The molecule has 0 unspecified atom stereocenters. The molecule has 0 amide bonds. The molecule has 1 N–H and O–H groups in total. The molecule has 0 bridgehead atoms. The quantitative estimate of drug-likeness (QED) is 0.435. The molecule has 10 heteroatoms. The first-order valence-electron chi connectivity index (χ1n) is 7.20. The number of hydrogen-bond donors (Lipinski definition) is 1. The molecule has 1 aliphatic heterocycles. The van der Waals surface area contributed by atoms with Crippen molar-refractivity contribution in [3.63, 3.8) is 0 Å². The molecule has 1 fully saturated rings. The highest BCUT2D eigenvalue weighted by molar-refractivity contribution is 5.79. The van der Waals surface area contributed by atoms with Crippen molar-refractivity contribution >= 4 is 11.9 Å². The van der Waals surface area contributed by atoms with Gasteiger partial charge in [-0.15, -0.1) is 0 Å². The second-order valence-electron chi connectivity index (χ2n) is 4.86. The van der Waals surface area contributed by atoms with Gasteiger partial charge in [0.05, 0.1) is 39.2 Å². The number of carbonyl (C=O) groups excluding carboxylic acids is 1. The van der Waals surface area contributed by atoms with Gasteiger partial charge < -0.3 is 19.4 Å². The van der Waals surface area contributed by atoms with Crippen LogP contribution in [0.4, 0.5) is 0 Å². The number of hydrogen-bond acceptors (Lipinski definition) is 6. The zero-order valence-electron chi connectivity index (χ0n) is 12.8. The zero-order valence-corrected chi connectivity index (χ0v) is 12.8. The number of carbonyl (C=O) groups is 1. The van der Waals surface area contributed by atoms with Crippen molar-refractivity contribution in [3.8, 4) is 0 Å². The first-order valence-corrected chi connectivity index (χ1v) is 7.20. The molecule has 1 aromatic rings. The molecular formula is C13H19N5O5. The number of nitrogens with zero attached hydrogens (tertiary/aromatic N) is 4. The molecule has 2 heterocycles. The van der Waals surface area contributed by atoms with Crippen molar-refractivity contribution in [2.45, 2.75) is 19.9 Å². The fourth-order valence-corrected chi connectivity index (χ4v) is 2.18.